The van der Waals surface area contributed by atoms with Crippen molar-refractivity contribution in [1.82, 2.24) is 14.7 Å². The van der Waals surface area contributed by atoms with Gasteiger partial charge in [-0.05, 0) is 45.3 Å². The van der Waals surface area contributed by atoms with Crippen LogP contribution in [0.25, 0.3) is 22.2 Å². The average molecular weight is 350 g/mol. The molecule has 122 valence electrons. The first-order valence-corrected chi connectivity index (χ1v) is 7.89. The van der Waals surface area contributed by atoms with E-state index in [1.165, 1.54) is 0 Å². The molecule has 0 spiro atoms. The highest BCUT2D eigenvalue weighted by atomic mass is 35.5. The highest BCUT2D eigenvalue weighted by molar-refractivity contribution is 6.31. The maximum atomic E-state index is 6.19. The standard InChI is InChI=1S/C18H20ClN3.ClH/c1-21(2)11-6-12-22-17-10-9-15(19)13-16(17)18(20-22)14-7-4-3-5-8-14;/h3-5,7-10,13H,6,11-12H2,1-2H3;1H. The van der Waals surface area contributed by atoms with Crippen LogP contribution in [0.2, 0.25) is 5.02 Å². The van der Waals surface area contributed by atoms with Crippen LogP contribution < -0.4 is 0 Å². The summed E-state index contributed by atoms with van der Waals surface area (Å²) < 4.78 is 2.09. The molecular formula is C18H21Cl2N3. The Kier molecular flexibility index (Phi) is 6.05. The summed E-state index contributed by atoms with van der Waals surface area (Å²) in [4.78, 5) is 2.20. The summed E-state index contributed by atoms with van der Waals surface area (Å²) in [5.74, 6) is 0. The predicted molar refractivity (Wildman–Crippen MR) is 101 cm³/mol. The van der Waals surface area contributed by atoms with Crippen molar-refractivity contribution >= 4 is 34.9 Å². The molecule has 0 saturated carbocycles. The molecule has 0 atom stereocenters. The molecule has 5 heteroatoms. The molecule has 0 aliphatic heterocycles. The Morgan fingerprint density at radius 3 is 2.52 bits per heavy atom. The van der Waals surface area contributed by atoms with E-state index >= 15 is 0 Å². The topological polar surface area (TPSA) is 21.1 Å². The number of halogens is 2. The lowest BCUT2D eigenvalue weighted by Crippen LogP contribution is -2.15. The van der Waals surface area contributed by atoms with E-state index in [4.69, 9.17) is 16.7 Å². The van der Waals surface area contributed by atoms with Crippen LogP contribution in [0.3, 0.4) is 0 Å². The molecule has 0 saturated heterocycles. The first kappa shape index (κ1) is 17.8. The van der Waals surface area contributed by atoms with E-state index in [9.17, 15) is 0 Å². The van der Waals surface area contributed by atoms with E-state index in [0.717, 1.165) is 46.7 Å². The maximum Gasteiger partial charge on any atom is 0.100 e. The lowest BCUT2D eigenvalue weighted by Gasteiger charge is -2.09. The number of hydrogen-bond donors (Lipinski definition) is 0. The normalized spacial score (nSPS) is 11.0. The molecule has 0 unspecified atom stereocenters. The van der Waals surface area contributed by atoms with Gasteiger partial charge in [-0.25, -0.2) is 0 Å². The third-order valence-corrected chi connectivity index (χ3v) is 3.97. The Labute approximate surface area is 148 Å². The van der Waals surface area contributed by atoms with Crippen molar-refractivity contribution in [2.24, 2.45) is 0 Å². The van der Waals surface area contributed by atoms with Crippen molar-refractivity contribution in [2.45, 2.75) is 13.0 Å². The molecule has 3 nitrogen and oxygen atoms in total. The molecule has 0 bridgehead atoms. The zero-order chi connectivity index (χ0) is 15.5. The van der Waals surface area contributed by atoms with E-state index in [1.807, 2.05) is 30.3 Å². The highest BCUT2D eigenvalue weighted by Gasteiger charge is 2.12. The minimum atomic E-state index is 0. The molecule has 0 amide bonds. The molecule has 0 radical (unpaired) electrons. The fourth-order valence-corrected chi connectivity index (χ4v) is 2.84. The van der Waals surface area contributed by atoms with Crippen LogP contribution in [-0.2, 0) is 6.54 Å². The van der Waals surface area contributed by atoms with Gasteiger partial charge >= 0.3 is 0 Å². The molecule has 2 aromatic carbocycles. The van der Waals surface area contributed by atoms with E-state index in [1.54, 1.807) is 0 Å². The number of aromatic nitrogens is 2. The Bertz CT molecular complexity index is 767. The van der Waals surface area contributed by atoms with Gasteiger partial charge in [-0.3, -0.25) is 4.68 Å². The second-order valence-corrected chi connectivity index (χ2v) is 6.19. The largest absolute Gasteiger partial charge is 0.309 e. The minimum absolute atomic E-state index is 0. The van der Waals surface area contributed by atoms with Gasteiger partial charge in [0.1, 0.15) is 5.69 Å². The summed E-state index contributed by atoms with van der Waals surface area (Å²) in [5.41, 5.74) is 3.27. The molecule has 0 aliphatic rings. The van der Waals surface area contributed by atoms with Crippen LogP contribution >= 0.6 is 24.0 Å². The van der Waals surface area contributed by atoms with Gasteiger partial charge in [0.15, 0.2) is 0 Å². The van der Waals surface area contributed by atoms with Gasteiger partial charge in [0.25, 0.3) is 0 Å². The van der Waals surface area contributed by atoms with Crippen molar-refractivity contribution in [3.8, 4) is 11.3 Å². The van der Waals surface area contributed by atoms with Crippen molar-refractivity contribution < 1.29 is 0 Å². The van der Waals surface area contributed by atoms with E-state index in [-0.39, 0.29) is 12.4 Å². The Hall–Kier alpha value is -1.55. The fourth-order valence-electron chi connectivity index (χ4n) is 2.67. The van der Waals surface area contributed by atoms with Crippen molar-refractivity contribution in [1.29, 1.82) is 0 Å². The van der Waals surface area contributed by atoms with Gasteiger partial charge in [-0.1, -0.05) is 41.9 Å². The summed E-state index contributed by atoms with van der Waals surface area (Å²) in [6.07, 6.45) is 1.07. The Balaban J connectivity index is 0.00000192. The second kappa shape index (κ2) is 7.82. The lowest BCUT2D eigenvalue weighted by molar-refractivity contribution is 0.383. The van der Waals surface area contributed by atoms with Crippen LogP contribution in [0.4, 0.5) is 0 Å². The number of fused-ring (bicyclic) bond motifs is 1. The molecule has 0 aliphatic carbocycles. The molecule has 23 heavy (non-hydrogen) atoms. The Morgan fingerprint density at radius 1 is 1.09 bits per heavy atom. The predicted octanol–water partition coefficient (Wildman–Crippen LogP) is 4.73. The molecule has 1 aromatic heterocycles. The third-order valence-electron chi connectivity index (χ3n) is 3.73. The molecule has 3 rings (SSSR count). The minimum Gasteiger partial charge on any atom is -0.309 e. The van der Waals surface area contributed by atoms with E-state index < -0.39 is 0 Å². The van der Waals surface area contributed by atoms with Crippen LogP contribution in [0.15, 0.2) is 48.5 Å². The van der Waals surface area contributed by atoms with E-state index in [0.29, 0.717) is 0 Å². The van der Waals surface area contributed by atoms with Crippen LogP contribution in [-0.4, -0.2) is 35.3 Å². The van der Waals surface area contributed by atoms with Gasteiger partial charge in [0.05, 0.1) is 5.52 Å². The first-order valence-electron chi connectivity index (χ1n) is 7.51. The summed E-state index contributed by atoms with van der Waals surface area (Å²) in [7, 11) is 4.19. The number of aryl methyl sites for hydroxylation is 1. The summed E-state index contributed by atoms with van der Waals surface area (Å²) >= 11 is 6.19. The average Bonchev–Trinajstić information content (AvgIpc) is 2.86. The Morgan fingerprint density at radius 2 is 1.83 bits per heavy atom. The smallest absolute Gasteiger partial charge is 0.100 e. The van der Waals surface area contributed by atoms with Crippen LogP contribution in [0.1, 0.15) is 6.42 Å². The van der Waals surface area contributed by atoms with Crippen molar-refractivity contribution in [3.05, 3.63) is 53.6 Å². The fraction of sp³-hybridized carbons (Fsp3) is 0.278. The van der Waals surface area contributed by atoms with Crippen LogP contribution in [0, 0.1) is 0 Å². The monoisotopic (exact) mass is 349 g/mol. The van der Waals surface area contributed by atoms with Gasteiger partial charge in [-0.15, -0.1) is 12.4 Å². The lowest BCUT2D eigenvalue weighted by atomic mass is 10.1. The SMILES string of the molecule is CN(C)CCCn1nc(-c2ccccc2)c2cc(Cl)ccc21.Cl. The molecular weight excluding hydrogens is 329 g/mol. The highest BCUT2D eigenvalue weighted by Crippen LogP contribution is 2.30. The van der Waals surface area contributed by atoms with Gasteiger partial charge < -0.3 is 4.90 Å². The molecule has 3 aromatic rings. The van der Waals surface area contributed by atoms with Crippen molar-refractivity contribution in [3.63, 3.8) is 0 Å². The summed E-state index contributed by atoms with van der Waals surface area (Å²) in [6, 6.07) is 16.3. The van der Waals surface area contributed by atoms with Gasteiger partial charge in [0, 0.05) is 22.5 Å². The summed E-state index contributed by atoms with van der Waals surface area (Å²) in [6.45, 7) is 1.96. The number of nitrogens with zero attached hydrogens (tertiary/aromatic N) is 3. The third kappa shape index (κ3) is 4.05. The summed E-state index contributed by atoms with van der Waals surface area (Å²) in [5, 5.41) is 6.70. The second-order valence-electron chi connectivity index (χ2n) is 5.76. The maximum absolute atomic E-state index is 6.19. The quantitative estimate of drug-likeness (QED) is 0.663. The van der Waals surface area contributed by atoms with E-state index in [2.05, 4.69) is 41.9 Å². The molecule has 1 heterocycles. The van der Waals surface area contributed by atoms with Crippen LogP contribution in [0.5, 0.6) is 0 Å². The number of hydrogen-bond acceptors (Lipinski definition) is 2. The molecule has 0 fully saturated rings. The zero-order valence-electron chi connectivity index (χ0n) is 13.4. The van der Waals surface area contributed by atoms with Crippen molar-refractivity contribution in [2.75, 3.05) is 20.6 Å². The van der Waals surface area contributed by atoms with Gasteiger partial charge in [0.2, 0.25) is 0 Å². The van der Waals surface area contributed by atoms with Gasteiger partial charge in [-0.2, -0.15) is 5.10 Å². The number of rotatable bonds is 5. The zero-order valence-corrected chi connectivity index (χ0v) is 14.9. The first-order chi connectivity index (χ1) is 10.6. The molecule has 0 N–H and O–H groups in total. The number of benzene rings is 2.